The maximum Gasteiger partial charge on any atom is 0.319 e. The highest BCUT2D eigenvalue weighted by Gasteiger charge is 2.30. The molecule has 0 spiro atoms. The average Bonchev–Trinajstić information content (AvgIpc) is 2.86. The van der Waals surface area contributed by atoms with Crippen LogP contribution in [0.2, 0.25) is 0 Å². The van der Waals surface area contributed by atoms with Gasteiger partial charge >= 0.3 is 6.03 Å². The lowest BCUT2D eigenvalue weighted by Gasteiger charge is -2.38. The van der Waals surface area contributed by atoms with E-state index in [0.29, 0.717) is 50.4 Å². The molecular formula is C27H37N7O3. The first-order chi connectivity index (χ1) is 18.0. The van der Waals surface area contributed by atoms with Crippen LogP contribution in [-0.4, -0.2) is 78.3 Å². The second kappa shape index (κ2) is 11.4. The van der Waals surface area contributed by atoms with Crippen molar-refractivity contribution in [2.45, 2.75) is 58.2 Å². The number of benzene rings is 1. The highest BCUT2D eigenvalue weighted by atomic mass is 16.5. The van der Waals surface area contributed by atoms with Crippen LogP contribution < -0.4 is 20.9 Å². The zero-order valence-corrected chi connectivity index (χ0v) is 21.8. The van der Waals surface area contributed by atoms with Gasteiger partial charge in [-0.2, -0.15) is 0 Å². The molecule has 3 aliphatic rings. The fourth-order valence-electron chi connectivity index (χ4n) is 5.08. The highest BCUT2D eigenvalue weighted by molar-refractivity contribution is 5.89. The van der Waals surface area contributed by atoms with Crippen molar-refractivity contribution in [1.82, 2.24) is 25.5 Å². The van der Waals surface area contributed by atoms with E-state index < -0.39 is 0 Å². The molecule has 2 aromatic rings. The summed E-state index contributed by atoms with van der Waals surface area (Å²) in [5.74, 6) is 1.72. The SMILES string of the molecule is CCNC(=O)Nc1ccc(-c2nc3c(c(N4CCOC[C@@H]4C)n2)CCN(CC(=O)NC2CCC2)C3)cc1. The molecule has 2 fully saturated rings. The molecule has 198 valence electrons. The average molecular weight is 508 g/mol. The third-order valence-corrected chi connectivity index (χ3v) is 7.34. The van der Waals surface area contributed by atoms with E-state index in [4.69, 9.17) is 14.7 Å². The molecule has 1 saturated heterocycles. The molecule has 3 heterocycles. The summed E-state index contributed by atoms with van der Waals surface area (Å²) >= 11 is 0. The molecule has 10 nitrogen and oxygen atoms in total. The molecule has 1 aromatic heterocycles. The number of fused-ring (bicyclic) bond motifs is 1. The van der Waals surface area contributed by atoms with Crippen LogP contribution in [0.3, 0.4) is 0 Å². The highest BCUT2D eigenvalue weighted by Crippen LogP contribution is 2.31. The standard InChI is InChI=1S/C27H37N7O3/c1-3-28-27(36)30-21-9-7-19(8-10-21)25-31-23-15-33(16-24(35)29-20-5-4-6-20)12-11-22(23)26(32-25)34-13-14-37-17-18(34)2/h7-10,18,20H,3-6,11-17H2,1-2H3,(H,29,35)(H2,28,30,36)/t18-/m0/s1. The first kappa shape index (κ1) is 25.4. The minimum atomic E-state index is -0.231. The Bertz CT molecular complexity index is 1120. The van der Waals surface area contributed by atoms with Crippen LogP contribution in [0.1, 0.15) is 44.4 Å². The van der Waals surface area contributed by atoms with E-state index >= 15 is 0 Å². The number of amides is 3. The van der Waals surface area contributed by atoms with Gasteiger partial charge in [0.1, 0.15) is 5.82 Å². The fraction of sp³-hybridized carbons (Fsp3) is 0.556. The van der Waals surface area contributed by atoms with Crippen molar-refractivity contribution in [2.24, 2.45) is 0 Å². The summed E-state index contributed by atoms with van der Waals surface area (Å²) in [6.07, 6.45) is 4.18. The van der Waals surface area contributed by atoms with E-state index in [1.165, 1.54) is 12.0 Å². The van der Waals surface area contributed by atoms with Crippen LogP contribution in [0, 0.1) is 0 Å². The van der Waals surface area contributed by atoms with E-state index in [0.717, 1.165) is 49.4 Å². The first-order valence-electron chi connectivity index (χ1n) is 13.4. The summed E-state index contributed by atoms with van der Waals surface area (Å²) in [5.41, 5.74) is 3.73. The van der Waals surface area contributed by atoms with Gasteiger partial charge in [0.2, 0.25) is 5.91 Å². The first-order valence-corrected chi connectivity index (χ1v) is 13.4. The summed E-state index contributed by atoms with van der Waals surface area (Å²) in [7, 11) is 0. The number of anilines is 2. The molecule has 1 saturated carbocycles. The van der Waals surface area contributed by atoms with E-state index in [2.05, 4.69) is 32.7 Å². The monoisotopic (exact) mass is 507 g/mol. The Kier molecular flexibility index (Phi) is 7.85. The van der Waals surface area contributed by atoms with E-state index in [9.17, 15) is 9.59 Å². The molecular weight excluding hydrogens is 470 g/mol. The normalized spacial score (nSPS) is 20.1. The Morgan fingerprint density at radius 2 is 1.95 bits per heavy atom. The van der Waals surface area contributed by atoms with Gasteiger partial charge in [-0.3, -0.25) is 9.69 Å². The third kappa shape index (κ3) is 6.02. The summed E-state index contributed by atoms with van der Waals surface area (Å²) in [4.78, 5) is 39.0. The lowest BCUT2D eigenvalue weighted by Crippen LogP contribution is -2.47. The van der Waals surface area contributed by atoms with Gasteiger partial charge in [0, 0.05) is 49.0 Å². The maximum absolute atomic E-state index is 12.6. The van der Waals surface area contributed by atoms with Crippen LogP contribution >= 0.6 is 0 Å². The minimum absolute atomic E-state index is 0.0969. The molecule has 0 radical (unpaired) electrons. The fourth-order valence-corrected chi connectivity index (χ4v) is 5.08. The zero-order chi connectivity index (χ0) is 25.8. The van der Waals surface area contributed by atoms with Crippen LogP contribution in [0.4, 0.5) is 16.3 Å². The smallest absolute Gasteiger partial charge is 0.319 e. The molecule has 0 unspecified atom stereocenters. The number of aromatic nitrogens is 2. The number of carbonyl (C=O) groups is 2. The predicted octanol–water partition coefficient (Wildman–Crippen LogP) is 2.54. The molecule has 0 bridgehead atoms. The largest absolute Gasteiger partial charge is 0.377 e. The van der Waals surface area contributed by atoms with Gasteiger partial charge in [0.25, 0.3) is 0 Å². The summed E-state index contributed by atoms with van der Waals surface area (Å²) < 4.78 is 5.68. The lowest BCUT2D eigenvalue weighted by atomic mass is 9.93. The number of hydrogen-bond acceptors (Lipinski definition) is 7. The van der Waals surface area contributed by atoms with E-state index in [1.807, 2.05) is 31.2 Å². The molecule has 10 heteroatoms. The van der Waals surface area contributed by atoms with Crippen molar-refractivity contribution in [3.05, 3.63) is 35.5 Å². The number of carbonyl (C=O) groups excluding carboxylic acids is 2. The quantitative estimate of drug-likeness (QED) is 0.528. The third-order valence-electron chi connectivity index (χ3n) is 7.34. The molecule has 5 rings (SSSR count). The van der Waals surface area contributed by atoms with Crippen molar-refractivity contribution in [2.75, 3.05) is 49.6 Å². The molecule has 37 heavy (non-hydrogen) atoms. The van der Waals surface area contributed by atoms with Gasteiger partial charge in [-0.05, 0) is 63.8 Å². The second-order valence-corrected chi connectivity index (χ2v) is 10.1. The Morgan fingerprint density at radius 1 is 1.14 bits per heavy atom. The number of nitrogens with zero attached hydrogens (tertiary/aromatic N) is 4. The Balaban J connectivity index is 1.40. The molecule has 1 atom stereocenters. The van der Waals surface area contributed by atoms with Gasteiger partial charge in [0.15, 0.2) is 5.82 Å². The van der Waals surface area contributed by atoms with Gasteiger partial charge in [0.05, 0.1) is 31.5 Å². The van der Waals surface area contributed by atoms with Crippen LogP contribution in [0.5, 0.6) is 0 Å². The van der Waals surface area contributed by atoms with Crippen LogP contribution in [0.25, 0.3) is 11.4 Å². The van der Waals surface area contributed by atoms with Gasteiger partial charge in [-0.1, -0.05) is 0 Å². The topological polar surface area (TPSA) is 112 Å². The van der Waals surface area contributed by atoms with Crippen molar-refractivity contribution >= 4 is 23.4 Å². The zero-order valence-electron chi connectivity index (χ0n) is 21.8. The number of nitrogens with one attached hydrogen (secondary N) is 3. The summed E-state index contributed by atoms with van der Waals surface area (Å²) in [6, 6.07) is 7.92. The molecule has 3 N–H and O–H groups in total. The van der Waals surface area contributed by atoms with E-state index in [1.54, 1.807) is 0 Å². The van der Waals surface area contributed by atoms with Crippen molar-refractivity contribution in [3.63, 3.8) is 0 Å². The van der Waals surface area contributed by atoms with Crippen LogP contribution in [0.15, 0.2) is 24.3 Å². The number of ether oxygens (including phenoxy) is 1. The Hall–Kier alpha value is -3.24. The second-order valence-electron chi connectivity index (χ2n) is 10.1. The minimum Gasteiger partial charge on any atom is -0.377 e. The number of morpholine rings is 1. The van der Waals surface area contributed by atoms with Crippen molar-refractivity contribution < 1.29 is 14.3 Å². The molecule has 1 aromatic carbocycles. The number of urea groups is 1. The maximum atomic E-state index is 12.6. The lowest BCUT2D eigenvalue weighted by molar-refractivity contribution is -0.123. The van der Waals surface area contributed by atoms with Crippen molar-refractivity contribution in [1.29, 1.82) is 0 Å². The Labute approximate surface area is 218 Å². The van der Waals surface area contributed by atoms with Gasteiger partial charge in [-0.15, -0.1) is 0 Å². The van der Waals surface area contributed by atoms with Gasteiger partial charge in [-0.25, -0.2) is 14.8 Å². The van der Waals surface area contributed by atoms with Gasteiger partial charge < -0.3 is 25.6 Å². The van der Waals surface area contributed by atoms with Crippen LogP contribution in [-0.2, 0) is 22.5 Å². The molecule has 3 amide bonds. The summed E-state index contributed by atoms with van der Waals surface area (Å²) in [5, 5.41) is 8.71. The molecule has 1 aliphatic carbocycles. The predicted molar refractivity (Wildman–Crippen MR) is 143 cm³/mol. The summed E-state index contributed by atoms with van der Waals surface area (Å²) in [6.45, 7) is 8.54. The number of hydrogen-bond donors (Lipinski definition) is 3. The molecule has 2 aliphatic heterocycles. The number of rotatable bonds is 7. The van der Waals surface area contributed by atoms with E-state index in [-0.39, 0.29) is 18.0 Å². The Morgan fingerprint density at radius 3 is 2.65 bits per heavy atom. The van der Waals surface area contributed by atoms with Crippen molar-refractivity contribution in [3.8, 4) is 11.4 Å².